The molecule has 0 bridgehead atoms. The molecule has 1 aromatic heterocycles. The molecule has 1 saturated carbocycles. The van der Waals surface area contributed by atoms with Crippen LogP contribution in [0.2, 0.25) is 0 Å². The van der Waals surface area contributed by atoms with Crippen LogP contribution < -0.4 is 11.3 Å². The van der Waals surface area contributed by atoms with E-state index in [1.165, 1.54) is 12.8 Å². The number of aromatic nitrogens is 2. The topological polar surface area (TPSA) is 55.9 Å². The Morgan fingerprint density at radius 2 is 2.27 bits per heavy atom. The Labute approximate surface area is 95.6 Å². The second-order valence-electron chi connectivity index (χ2n) is 3.79. The van der Waals surface area contributed by atoms with Crippen molar-refractivity contribution in [1.29, 1.82) is 0 Å². The molecule has 3 N–H and O–H groups in total. The van der Waals surface area contributed by atoms with E-state index in [-0.39, 0.29) is 0 Å². The Hall–Kier alpha value is -1.07. The molecule has 1 heterocycles. The summed E-state index contributed by atoms with van der Waals surface area (Å²) in [7, 11) is 0. The van der Waals surface area contributed by atoms with Crippen molar-refractivity contribution in [2.45, 2.75) is 18.9 Å². The summed E-state index contributed by atoms with van der Waals surface area (Å²) in [6, 6.07) is 6.57. The smallest absolute Gasteiger partial charge is 0.218 e. The summed E-state index contributed by atoms with van der Waals surface area (Å²) in [5.74, 6) is 6.23. The summed E-state index contributed by atoms with van der Waals surface area (Å²) in [6.45, 7) is 0. The molecule has 2 aromatic rings. The number of rotatable bonds is 2. The second kappa shape index (κ2) is 3.21. The minimum Gasteiger partial charge on any atom is -0.305 e. The number of hydrazine groups is 1. The lowest BCUT2D eigenvalue weighted by Gasteiger charge is -2.06. The first-order chi connectivity index (χ1) is 7.31. The predicted molar refractivity (Wildman–Crippen MR) is 63.5 cm³/mol. The molecule has 3 rings (SSSR count). The second-order valence-corrected chi connectivity index (χ2v) is 4.64. The van der Waals surface area contributed by atoms with Crippen molar-refractivity contribution in [3.63, 3.8) is 0 Å². The number of benzene rings is 1. The van der Waals surface area contributed by atoms with Crippen LogP contribution in [0.15, 0.2) is 22.7 Å². The van der Waals surface area contributed by atoms with Gasteiger partial charge in [0.05, 0.1) is 11.0 Å². The lowest BCUT2D eigenvalue weighted by atomic mass is 10.3. The fourth-order valence-corrected chi connectivity index (χ4v) is 2.44. The van der Waals surface area contributed by atoms with Crippen molar-refractivity contribution in [1.82, 2.24) is 9.55 Å². The number of imidazole rings is 1. The van der Waals surface area contributed by atoms with Crippen LogP contribution in [0.25, 0.3) is 11.0 Å². The fraction of sp³-hybridized carbons (Fsp3) is 0.300. The molecule has 5 heteroatoms. The van der Waals surface area contributed by atoms with Crippen molar-refractivity contribution in [3.8, 4) is 0 Å². The van der Waals surface area contributed by atoms with Gasteiger partial charge in [0.25, 0.3) is 0 Å². The van der Waals surface area contributed by atoms with E-state index >= 15 is 0 Å². The van der Waals surface area contributed by atoms with E-state index in [1.807, 2.05) is 18.2 Å². The van der Waals surface area contributed by atoms with E-state index in [2.05, 4.69) is 30.9 Å². The number of hydrogen-bond donors (Lipinski definition) is 2. The maximum atomic E-state index is 5.48. The number of nitrogens with two attached hydrogens (primary N) is 1. The van der Waals surface area contributed by atoms with Crippen molar-refractivity contribution in [3.05, 3.63) is 22.7 Å². The lowest BCUT2D eigenvalue weighted by Crippen LogP contribution is -2.12. The molecule has 1 fully saturated rings. The Morgan fingerprint density at radius 3 is 2.93 bits per heavy atom. The molecule has 1 aromatic carbocycles. The van der Waals surface area contributed by atoms with Crippen molar-refractivity contribution in [2.75, 3.05) is 5.43 Å². The van der Waals surface area contributed by atoms with Gasteiger partial charge in [-0.25, -0.2) is 10.8 Å². The van der Waals surface area contributed by atoms with Crippen molar-refractivity contribution in [2.24, 2.45) is 5.84 Å². The summed E-state index contributed by atoms with van der Waals surface area (Å²) in [4.78, 5) is 4.45. The molecule has 15 heavy (non-hydrogen) atoms. The molecule has 78 valence electrons. The van der Waals surface area contributed by atoms with E-state index in [9.17, 15) is 0 Å². The van der Waals surface area contributed by atoms with Crippen LogP contribution in [0, 0.1) is 0 Å². The van der Waals surface area contributed by atoms with E-state index in [1.54, 1.807) is 0 Å². The monoisotopic (exact) mass is 266 g/mol. The van der Waals surface area contributed by atoms with Gasteiger partial charge in [-0.1, -0.05) is 6.07 Å². The Kier molecular flexibility index (Phi) is 1.97. The van der Waals surface area contributed by atoms with Gasteiger partial charge in [-0.15, -0.1) is 0 Å². The van der Waals surface area contributed by atoms with Gasteiger partial charge < -0.3 is 4.57 Å². The van der Waals surface area contributed by atoms with Gasteiger partial charge in [0.1, 0.15) is 0 Å². The number of fused-ring (bicyclic) bond motifs is 1. The van der Waals surface area contributed by atoms with Crippen LogP contribution in [0.5, 0.6) is 0 Å². The fourth-order valence-electron chi connectivity index (χ4n) is 1.90. The zero-order valence-electron chi connectivity index (χ0n) is 8.07. The van der Waals surface area contributed by atoms with Crippen molar-refractivity contribution < 1.29 is 0 Å². The largest absolute Gasteiger partial charge is 0.305 e. The van der Waals surface area contributed by atoms with Gasteiger partial charge in [-0.2, -0.15) is 0 Å². The van der Waals surface area contributed by atoms with Gasteiger partial charge in [0, 0.05) is 10.5 Å². The van der Waals surface area contributed by atoms with Crippen LogP contribution in [0.1, 0.15) is 18.9 Å². The lowest BCUT2D eigenvalue weighted by molar-refractivity contribution is 0.769. The number of para-hydroxylation sites is 1. The third-order valence-corrected chi connectivity index (χ3v) is 3.34. The normalized spacial score (nSPS) is 15.9. The molecular formula is C10H11BrN4. The van der Waals surface area contributed by atoms with Crippen LogP contribution >= 0.6 is 15.9 Å². The number of nitrogens with zero attached hydrogens (tertiary/aromatic N) is 2. The number of nitrogen functional groups attached to an aromatic ring is 1. The molecule has 0 unspecified atom stereocenters. The van der Waals surface area contributed by atoms with Gasteiger partial charge in [0.2, 0.25) is 5.95 Å². The number of nitrogens with one attached hydrogen (secondary N) is 1. The number of halogens is 1. The van der Waals surface area contributed by atoms with E-state index < -0.39 is 0 Å². The summed E-state index contributed by atoms with van der Waals surface area (Å²) in [5, 5.41) is 0. The molecule has 0 atom stereocenters. The third-order valence-electron chi connectivity index (χ3n) is 2.70. The summed E-state index contributed by atoms with van der Waals surface area (Å²) < 4.78 is 3.25. The van der Waals surface area contributed by atoms with Crippen LogP contribution in [-0.4, -0.2) is 9.55 Å². The van der Waals surface area contributed by atoms with Gasteiger partial charge in [-0.3, -0.25) is 5.43 Å². The Bertz CT molecular complexity index is 515. The minimum atomic E-state index is 0.555. The molecular weight excluding hydrogens is 256 g/mol. The van der Waals surface area contributed by atoms with E-state index in [0.29, 0.717) is 6.04 Å². The van der Waals surface area contributed by atoms with E-state index in [0.717, 1.165) is 21.5 Å². The summed E-state index contributed by atoms with van der Waals surface area (Å²) in [5.41, 5.74) is 4.77. The van der Waals surface area contributed by atoms with Gasteiger partial charge in [-0.05, 0) is 40.9 Å². The summed E-state index contributed by atoms with van der Waals surface area (Å²) >= 11 is 3.56. The van der Waals surface area contributed by atoms with Crippen LogP contribution in [-0.2, 0) is 0 Å². The average molecular weight is 267 g/mol. The van der Waals surface area contributed by atoms with Crippen LogP contribution in [0.4, 0.5) is 5.95 Å². The first-order valence-electron chi connectivity index (χ1n) is 4.94. The predicted octanol–water partition coefficient (Wildman–Crippen LogP) is 2.42. The molecule has 0 amide bonds. The average Bonchev–Trinajstić information content (AvgIpc) is 2.99. The van der Waals surface area contributed by atoms with E-state index in [4.69, 9.17) is 5.84 Å². The SMILES string of the molecule is NNc1nc2cccc(Br)c2n1C1CC1. The third kappa shape index (κ3) is 1.34. The molecule has 0 saturated heterocycles. The number of anilines is 1. The van der Waals surface area contributed by atoms with Crippen molar-refractivity contribution >= 4 is 32.9 Å². The molecule has 1 aliphatic carbocycles. The highest BCUT2D eigenvalue weighted by Crippen LogP contribution is 2.41. The highest BCUT2D eigenvalue weighted by Gasteiger charge is 2.28. The zero-order chi connectivity index (χ0) is 10.4. The minimum absolute atomic E-state index is 0.555. The number of hydrogen-bond acceptors (Lipinski definition) is 3. The first-order valence-corrected chi connectivity index (χ1v) is 5.73. The Morgan fingerprint density at radius 1 is 1.47 bits per heavy atom. The maximum Gasteiger partial charge on any atom is 0.218 e. The quantitative estimate of drug-likeness (QED) is 0.649. The molecule has 0 aliphatic heterocycles. The van der Waals surface area contributed by atoms with Gasteiger partial charge in [0.15, 0.2) is 0 Å². The summed E-state index contributed by atoms with van der Waals surface area (Å²) in [6.07, 6.45) is 2.42. The first kappa shape index (κ1) is 9.18. The zero-order valence-corrected chi connectivity index (χ0v) is 9.66. The Balaban J connectivity index is 2.35. The molecule has 4 nitrogen and oxygen atoms in total. The van der Waals surface area contributed by atoms with Crippen LogP contribution in [0.3, 0.4) is 0 Å². The maximum absolute atomic E-state index is 5.48. The highest BCUT2D eigenvalue weighted by atomic mass is 79.9. The standard InChI is InChI=1S/C10H11BrN4/c11-7-2-1-3-8-9(7)15(6-4-5-6)10(13-8)14-12/h1-3,6H,4-5,12H2,(H,13,14). The molecule has 1 aliphatic rings. The molecule has 0 spiro atoms. The molecule has 0 radical (unpaired) electrons. The van der Waals surface area contributed by atoms with Gasteiger partial charge >= 0.3 is 0 Å². The highest BCUT2D eigenvalue weighted by molar-refractivity contribution is 9.10.